The van der Waals surface area contributed by atoms with E-state index in [0.29, 0.717) is 36.9 Å². The first-order chi connectivity index (χ1) is 8.99. The number of likely N-dealkylation sites (tertiary alicyclic amines) is 1. The van der Waals surface area contributed by atoms with E-state index in [1.54, 1.807) is 4.90 Å². The van der Waals surface area contributed by atoms with Gasteiger partial charge >= 0.3 is 6.03 Å². The minimum absolute atomic E-state index is 0.0243. The normalized spacial score (nSPS) is 37.6. The monoisotopic (exact) mass is 266 g/mol. The van der Waals surface area contributed by atoms with Gasteiger partial charge in [0.2, 0.25) is 0 Å². The number of rotatable bonds is 2. The molecule has 2 amide bonds. The molecule has 3 fully saturated rings. The Balaban J connectivity index is 1.49. The number of carbonyl (C=O) groups is 1. The SMILES string of the molecule is C[C@@H]1[C@H](C)CCC[C@H]1NC(=O)N1CC(O)(C2CC2)C1. The van der Waals surface area contributed by atoms with Crippen LogP contribution in [-0.2, 0) is 0 Å². The second-order valence-corrected chi connectivity index (χ2v) is 7.06. The van der Waals surface area contributed by atoms with Gasteiger partial charge < -0.3 is 15.3 Å². The molecule has 0 aromatic heterocycles. The van der Waals surface area contributed by atoms with E-state index in [0.717, 1.165) is 19.3 Å². The standard InChI is InChI=1S/C15H26N2O2/c1-10-4-3-5-13(11(10)2)16-14(18)17-8-15(19,9-17)12-6-7-12/h10-13,19H,3-9H2,1-2H3,(H,16,18)/t10-,11-,13-/m1/s1. The number of nitrogens with zero attached hydrogens (tertiary/aromatic N) is 1. The van der Waals surface area contributed by atoms with E-state index < -0.39 is 5.60 Å². The van der Waals surface area contributed by atoms with E-state index in [1.807, 2.05) is 0 Å². The zero-order valence-corrected chi connectivity index (χ0v) is 12.1. The van der Waals surface area contributed by atoms with Crippen molar-refractivity contribution in [2.24, 2.45) is 17.8 Å². The van der Waals surface area contributed by atoms with Crippen molar-refractivity contribution in [1.29, 1.82) is 0 Å². The Bertz CT molecular complexity index is 361. The summed E-state index contributed by atoms with van der Waals surface area (Å²) < 4.78 is 0. The van der Waals surface area contributed by atoms with Crippen LogP contribution in [-0.4, -0.2) is 40.8 Å². The summed E-state index contributed by atoms with van der Waals surface area (Å²) in [5, 5.41) is 13.4. The number of urea groups is 1. The first-order valence-corrected chi connectivity index (χ1v) is 7.77. The molecule has 0 bridgehead atoms. The van der Waals surface area contributed by atoms with Gasteiger partial charge in [-0.15, -0.1) is 0 Å². The Morgan fingerprint density at radius 3 is 2.53 bits per heavy atom. The van der Waals surface area contributed by atoms with Crippen molar-refractivity contribution < 1.29 is 9.90 Å². The molecule has 3 rings (SSSR count). The van der Waals surface area contributed by atoms with Crippen molar-refractivity contribution in [3.8, 4) is 0 Å². The van der Waals surface area contributed by atoms with Gasteiger partial charge in [0.15, 0.2) is 0 Å². The van der Waals surface area contributed by atoms with E-state index in [1.165, 1.54) is 12.8 Å². The van der Waals surface area contributed by atoms with Crippen LogP contribution in [0.1, 0.15) is 46.0 Å². The van der Waals surface area contributed by atoms with E-state index >= 15 is 0 Å². The van der Waals surface area contributed by atoms with Gasteiger partial charge in [-0.25, -0.2) is 4.79 Å². The molecule has 4 nitrogen and oxygen atoms in total. The van der Waals surface area contributed by atoms with Gasteiger partial charge in [0.1, 0.15) is 5.60 Å². The fourth-order valence-electron chi connectivity index (χ4n) is 3.67. The molecule has 1 heterocycles. The van der Waals surface area contributed by atoms with Crippen molar-refractivity contribution >= 4 is 6.03 Å². The first kappa shape index (κ1) is 13.2. The third kappa shape index (κ3) is 2.47. The van der Waals surface area contributed by atoms with Gasteiger partial charge in [0, 0.05) is 6.04 Å². The Labute approximate surface area is 115 Å². The maximum atomic E-state index is 12.2. The Morgan fingerprint density at radius 1 is 1.21 bits per heavy atom. The zero-order chi connectivity index (χ0) is 13.6. The summed E-state index contributed by atoms with van der Waals surface area (Å²) >= 11 is 0. The third-order valence-corrected chi connectivity index (χ3v) is 5.57. The molecule has 108 valence electrons. The number of hydrogen-bond donors (Lipinski definition) is 2. The maximum Gasteiger partial charge on any atom is 0.317 e. The fourth-order valence-corrected chi connectivity index (χ4v) is 3.67. The van der Waals surface area contributed by atoms with E-state index in [2.05, 4.69) is 19.2 Å². The molecule has 0 radical (unpaired) electrons. The minimum atomic E-state index is -0.567. The summed E-state index contributed by atoms with van der Waals surface area (Å²) in [6.45, 7) is 5.57. The molecule has 3 atom stereocenters. The minimum Gasteiger partial charge on any atom is -0.386 e. The largest absolute Gasteiger partial charge is 0.386 e. The topological polar surface area (TPSA) is 52.6 Å². The molecule has 4 heteroatoms. The molecule has 19 heavy (non-hydrogen) atoms. The second-order valence-electron chi connectivity index (χ2n) is 7.06. The van der Waals surface area contributed by atoms with Crippen molar-refractivity contribution in [2.45, 2.75) is 57.6 Å². The molecule has 3 aliphatic rings. The molecule has 2 saturated carbocycles. The van der Waals surface area contributed by atoms with Gasteiger partial charge in [-0.05, 0) is 37.0 Å². The van der Waals surface area contributed by atoms with E-state index in [9.17, 15) is 9.90 Å². The Morgan fingerprint density at radius 2 is 1.89 bits per heavy atom. The average Bonchev–Trinajstić information content (AvgIpc) is 3.15. The molecule has 0 spiro atoms. The lowest BCUT2D eigenvalue weighted by Crippen LogP contribution is -2.67. The number of β-amino-alcohol motifs (C(OH)–C–C–N with tert-alkyl or cyclic N) is 1. The van der Waals surface area contributed by atoms with Crippen LogP contribution in [0.5, 0.6) is 0 Å². The number of amides is 2. The molecule has 0 aromatic carbocycles. The first-order valence-electron chi connectivity index (χ1n) is 7.77. The van der Waals surface area contributed by atoms with Crippen molar-refractivity contribution in [3.05, 3.63) is 0 Å². The highest BCUT2D eigenvalue weighted by atomic mass is 16.3. The van der Waals surface area contributed by atoms with Crippen LogP contribution in [0.4, 0.5) is 4.79 Å². The highest BCUT2D eigenvalue weighted by molar-refractivity contribution is 5.76. The molecular weight excluding hydrogens is 240 g/mol. The smallest absolute Gasteiger partial charge is 0.317 e. The molecular formula is C15H26N2O2. The maximum absolute atomic E-state index is 12.2. The van der Waals surface area contributed by atoms with Crippen molar-refractivity contribution in [3.63, 3.8) is 0 Å². The molecule has 1 saturated heterocycles. The molecule has 2 N–H and O–H groups in total. The van der Waals surface area contributed by atoms with Gasteiger partial charge in [-0.2, -0.15) is 0 Å². The lowest BCUT2D eigenvalue weighted by atomic mass is 9.78. The summed E-state index contributed by atoms with van der Waals surface area (Å²) in [6, 6.07) is 0.335. The quantitative estimate of drug-likeness (QED) is 0.803. The fraction of sp³-hybridized carbons (Fsp3) is 0.933. The molecule has 0 unspecified atom stereocenters. The Kier molecular flexibility index (Phi) is 3.24. The summed E-state index contributed by atoms with van der Waals surface area (Å²) in [5.74, 6) is 1.70. The zero-order valence-electron chi connectivity index (χ0n) is 12.1. The number of carbonyl (C=O) groups excluding carboxylic acids is 1. The van der Waals surface area contributed by atoms with Gasteiger partial charge in [0.25, 0.3) is 0 Å². The van der Waals surface area contributed by atoms with Crippen LogP contribution in [0.15, 0.2) is 0 Å². The average molecular weight is 266 g/mol. The summed E-state index contributed by atoms with van der Waals surface area (Å²) in [6.07, 6.45) is 5.84. The van der Waals surface area contributed by atoms with Crippen LogP contribution >= 0.6 is 0 Å². The number of hydrogen-bond acceptors (Lipinski definition) is 2. The van der Waals surface area contributed by atoms with Crippen LogP contribution in [0.25, 0.3) is 0 Å². The van der Waals surface area contributed by atoms with Crippen molar-refractivity contribution in [1.82, 2.24) is 10.2 Å². The molecule has 2 aliphatic carbocycles. The molecule has 0 aromatic rings. The number of nitrogens with one attached hydrogen (secondary N) is 1. The van der Waals surface area contributed by atoms with Crippen LogP contribution in [0.3, 0.4) is 0 Å². The Hall–Kier alpha value is -0.770. The van der Waals surface area contributed by atoms with Gasteiger partial charge in [-0.1, -0.05) is 26.7 Å². The van der Waals surface area contributed by atoms with Gasteiger partial charge in [0.05, 0.1) is 13.1 Å². The van der Waals surface area contributed by atoms with Gasteiger partial charge in [-0.3, -0.25) is 0 Å². The van der Waals surface area contributed by atoms with Crippen LogP contribution in [0, 0.1) is 17.8 Å². The predicted molar refractivity (Wildman–Crippen MR) is 73.7 cm³/mol. The van der Waals surface area contributed by atoms with E-state index in [4.69, 9.17) is 0 Å². The van der Waals surface area contributed by atoms with Crippen molar-refractivity contribution in [2.75, 3.05) is 13.1 Å². The summed E-state index contributed by atoms with van der Waals surface area (Å²) in [4.78, 5) is 13.9. The predicted octanol–water partition coefficient (Wildman–Crippen LogP) is 1.98. The number of aliphatic hydroxyl groups is 1. The second kappa shape index (κ2) is 4.65. The van der Waals surface area contributed by atoms with E-state index in [-0.39, 0.29) is 6.03 Å². The highest BCUT2D eigenvalue weighted by Gasteiger charge is 2.53. The highest BCUT2D eigenvalue weighted by Crippen LogP contribution is 2.44. The summed E-state index contributed by atoms with van der Waals surface area (Å²) in [7, 11) is 0. The summed E-state index contributed by atoms with van der Waals surface area (Å²) in [5.41, 5.74) is -0.567. The lowest BCUT2D eigenvalue weighted by molar-refractivity contribution is -0.0924. The molecule has 1 aliphatic heterocycles. The third-order valence-electron chi connectivity index (χ3n) is 5.57. The lowest BCUT2D eigenvalue weighted by Gasteiger charge is -2.47. The van der Waals surface area contributed by atoms with Crippen LogP contribution < -0.4 is 5.32 Å². The van der Waals surface area contributed by atoms with Crippen LogP contribution in [0.2, 0.25) is 0 Å².